The maximum Gasteiger partial charge on any atom is 0.226 e. The summed E-state index contributed by atoms with van der Waals surface area (Å²) in [6.45, 7) is 10.1. The monoisotopic (exact) mass is 296 g/mol. The van der Waals surface area contributed by atoms with E-state index in [0.717, 1.165) is 32.4 Å². The molecular formula is C17H32N2O2. The van der Waals surface area contributed by atoms with Crippen molar-refractivity contribution in [2.45, 2.75) is 59.8 Å². The van der Waals surface area contributed by atoms with Gasteiger partial charge in [0.05, 0.1) is 0 Å². The fourth-order valence-electron chi connectivity index (χ4n) is 3.42. The number of primary amides is 1. The Balaban J connectivity index is 2.88. The minimum Gasteiger partial charge on any atom is -0.369 e. The largest absolute Gasteiger partial charge is 0.369 e. The predicted molar refractivity (Wildman–Crippen MR) is 85.5 cm³/mol. The van der Waals surface area contributed by atoms with Crippen LogP contribution in [0.4, 0.5) is 0 Å². The highest BCUT2D eigenvalue weighted by molar-refractivity contribution is 5.87. The summed E-state index contributed by atoms with van der Waals surface area (Å²) in [7, 11) is 0. The molecule has 0 aliphatic carbocycles. The van der Waals surface area contributed by atoms with Gasteiger partial charge in [0.25, 0.3) is 0 Å². The summed E-state index contributed by atoms with van der Waals surface area (Å²) in [5.41, 5.74) is 5.58. The van der Waals surface area contributed by atoms with Crippen LogP contribution in [0.25, 0.3) is 0 Å². The normalized spacial score (nSPS) is 22.1. The number of amides is 2. The summed E-state index contributed by atoms with van der Waals surface area (Å²) in [5.74, 6) is 0.212. The van der Waals surface area contributed by atoms with Crippen molar-refractivity contribution in [3.05, 3.63) is 0 Å². The first-order chi connectivity index (χ1) is 9.86. The number of nitrogens with two attached hydrogens (primary N) is 1. The van der Waals surface area contributed by atoms with Gasteiger partial charge in [0, 0.05) is 24.9 Å². The molecule has 0 saturated carbocycles. The molecule has 0 bridgehead atoms. The standard InChI is InChI=1S/C17H32N2O2/c1-5-7-14(16(18)20)15(10-12(2)3)17(21)19-9-6-8-13(4)11-19/h12-15H,5-11H2,1-4H3,(H2,18,20)/t13?,14-,15+/m0/s1. The zero-order chi connectivity index (χ0) is 16.0. The van der Waals surface area contributed by atoms with Crippen LogP contribution in [0.2, 0.25) is 0 Å². The van der Waals surface area contributed by atoms with Gasteiger partial charge in [0.1, 0.15) is 0 Å². The molecule has 4 heteroatoms. The summed E-state index contributed by atoms with van der Waals surface area (Å²) in [6, 6.07) is 0. The van der Waals surface area contributed by atoms with Gasteiger partial charge >= 0.3 is 0 Å². The van der Waals surface area contributed by atoms with Crippen LogP contribution in [0.15, 0.2) is 0 Å². The number of hydrogen-bond acceptors (Lipinski definition) is 2. The number of carbonyl (C=O) groups is 2. The highest BCUT2D eigenvalue weighted by Crippen LogP contribution is 2.28. The van der Waals surface area contributed by atoms with E-state index in [0.29, 0.717) is 18.3 Å². The van der Waals surface area contributed by atoms with E-state index < -0.39 is 0 Å². The zero-order valence-electron chi connectivity index (χ0n) is 14.1. The molecule has 1 rings (SSSR count). The Labute approximate surface area is 129 Å². The number of likely N-dealkylation sites (tertiary alicyclic amines) is 1. The Kier molecular flexibility index (Phi) is 7.20. The summed E-state index contributed by atoms with van der Waals surface area (Å²) < 4.78 is 0. The lowest BCUT2D eigenvalue weighted by atomic mass is 9.81. The molecule has 0 radical (unpaired) electrons. The van der Waals surface area contributed by atoms with Crippen molar-refractivity contribution in [2.24, 2.45) is 29.4 Å². The molecule has 122 valence electrons. The maximum absolute atomic E-state index is 12.9. The minimum absolute atomic E-state index is 0.146. The summed E-state index contributed by atoms with van der Waals surface area (Å²) >= 11 is 0. The quantitative estimate of drug-likeness (QED) is 0.785. The summed E-state index contributed by atoms with van der Waals surface area (Å²) in [6.07, 6.45) is 4.59. The second-order valence-electron chi connectivity index (χ2n) is 7.07. The van der Waals surface area contributed by atoms with E-state index in [9.17, 15) is 9.59 Å². The Bertz CT molecular complexity index is 355. The van der Waals surface area contributed by atoms with Gasteiger partial charge in [-0.05, 0) is 37.5 Å². The predicted octanol–water partition coefficient (Wildman–Crippen LogP) is 2.81. The van der Waals surface area contributed by atoms with E-state index >= 15 is 0 Å². The van der Waals surface area contributed by atoms with Crippen LogP contribution in [0.5, 0.6) is 0 Å². The summed E-state index contributed by atoms with van der Waals surface area (Å²) in [4.78, 5) is 26.7. The van der Waals surface area contributed by atoms with Crippen LogP contribution in [-0.2, 0) is 9.59 Å². The van der Waals surface area contributed by atoms with E-state index in [4.69, 9.17) is 5.73 Å². The number of rotatable bonds is 7. The highest BCUT2D eigenvalue weighted by Gasteiger charge is 2.35. The van der Waals surface area contributed by atoms with E-state index in [-0.39, 0.29) is 23.7 Å². The molecule has 21 heavy (non-hydrogen) atoms. The van der Waals surface area contributed by atoms with Crippen LogP contribution < -0.4 is 5.73 Å². The lowest BCUT2D eigenvalue weighted by Crippen LogP contribution is -2.46. The topological polar surface area (TPSA) is 63.4 Å². The SMILES string of the molecule is CCC[C@H](C(N)=O)[C@@H](CC(C)C)C(=O)N1CCCC(C)C1. The second kappa shape index (κ2) is 8.40. The molecule has 1 saturated heterocycles. The molecule has 1 heterocycles. The van der Waals surface area contributed by atoms with Gasteiger partial charge in [-0.2, -0.15) is 0 Å². The average Bonchev–Trinajstić information content (AvgIpc) is 2.41. The fourth-order valence-corrected chi connectivity index (χ4v) is 3.42. The molecule has 0 aromatic heterocycles. The molecule has 1 aliphatic rings. The van der Waals surface area contributed by atoms with Crippen molar-refractivity contribution in [3.8, 4) is 0 Å². The van der Waals surface area contributed by atoms with Gasteiger partial charge in [-0.15, -0.1) is 0 Å². The van der Waals surface area contributed by atoms with Crippen LogP contribution >= 0.6 is 0 Å². The smallest absolute Gasteiger partial charge is 0.226 e. The van der Waals surface area contributed by atoms with Crippen molar-refractivity contribution in [3.63, 3.8) is 0 Å². The van der Waals surface area contributed by atoms with Crippen LogP contribution in [0.3, 0.4) is 0 Å². The van der Waals surface area contributed by atoms with Crippen LogP contribution in [0, 0.1) is 23.7 Å². The molecule has 0 aromatic rings. The second-order valence-corrected chi connectivity index (χ2v) is 7.07. The van der Waals surface area contributed by atoms with Crippen LogP contribution in [0.1, 0.15) is 59.8 Å². The molecule has 0 aromatic carbocycles. The molecule has 2 N–H and O–H groups in total. The average molecular weight is 296 g/mol. The van der Waals surface area contributed by atoms with E-state index in [1.54, 1.807) is 0 Å². The van der Waals surface area contributed by atoms with Crippen molar-refractivity contribution in [1.29, 1.82) is 0 Å². The third-order valence-electron chi connectivity index (χ3n) is 4.46. The first-order valence-corrected chi connectivity index (χ1v) is 8.44. The van der Waals surface area contributed by atoms with Gasteiger partial charge in [-0.3, -0.25) is 9.59 Å². The Morgan fingerprint density at radius 2 is 1.95 bits per heavy atom. The molecular weight excluding hydrogens is 264 g/mol. The highest BCUT2D eigenvalue weighted by atomic mass is 16.2. The summed E-state index contributed by atoms with van der Waals surface area (Å²) in [5, 5.41) is 0. The number of hydrogen-bond donors (Lipinski definition) is 1. The lowest BCUT2D eigenvalue weighted by Gasteiger charge is -2.36. The Morgan fingerprint density at radius 3 is 2.43 bits per heavy atom. The first-order valence-electron chi connectivity index (χ1n) is 8.44. The van der Waals surface area contributed by atoms with Gasteiger partial charge in [-0.25, -0.2) is 0 Å². The molecule has 2 amide bonds. The van der Waals surface area contributed by atoms with E-state index in [2.05, 4.69) is 20.8 Å². The zero-order valence-corrected chi connectivity index (χ0v) is 14.1. The van der Waals surface area contributed by atoms with Crippen molar-refractivity contribution in [2.75, 3.05) is 13.1 Å². The van der Waals surface area contributed by atoms with Gasteiger partial charge in [-0.1, -0.05) is 34.1 Å². The van der Waals surface area contributed by atoms with Gasteiger partial charge < -0.3 is 10.6 Å². The lowest BCUT2D eigenvalue weighted by molar-refractivity contribution is -0.143. The number of carbonyl (C=O) groups excluding carboxylic acids is 2. The Hall–Kier alpha value is -1.06. The van der Waals surface area contributed by atoms with Gasteiger partial charge in [0.2, 0.25) is 11.8 Å². The molecule has 3 atom stereocenters. The maximum atomic E-state index is 12.9. The molecule has 4 nitrogen and oxygen atoms in total. The molecule has 1 aliphatic heterocycles. The molecule has 0 spiro atoms. The minimum atomic E-state index is -0.319. The van der Waals surface area contributed by atoms with Crippen molar-refractivity contribution >= 4 is 11.8 Å². The number of nitrogens with zero attached hydrogens (tertiary/aromatic N) is 1. The first kappa shape index (κ1) is 18.0. The molecule has 1 unspecified atom stereocenters. The third kappa shape index (κ3) is 5.33. The van der Waals surface area contributed by atoms with E-state index in [1.165, 1.54) is 6.42 Å². The van der Waals surface area contributed by atoms with Crippen LogP contribution in [-0.4, -0.2) is 29.8 Å². The van der Waals surface area contributed by atoms with Crippen molar-refractivity contribution in [1.82, 2.24) is 4.90 Å². The molecule has 1 fully saturated rings. The Morgan fingerprint density at radius 1 is 1.29 bits per heavy atom. The number of piperidine rings is 1. The van der Waals surface area contributed by atoms with Gasteiger partial charge in [0.15, 0.2) is 0 Å². The van der Waals surface area contributed by atoms with E-state index in [1.807, 2.05) is 11.8 Å². The fraction of sp³-hybridized carbons (Fsp3) is 0.882. The third-order valence-corrected chi connectivity index (χ3v) is 4.46. The van der Waals surface area contributed by atoms with Crippen molar-refractivity contribution < 1.29 is 9.59 Å².